The van der Waals surface area contributed by atoms with Crippen LogP contribution in [0.25, 0.3) is 0 Å². The third-order valence-electron chi connectivity index (χ3n) is 2.68. The predicted octanol–water partition coefficient (Wildman–Crippen LogP) is 2.29. The minimum atomic E-state index is -3.66. The van der Waals surface area contributed by atoms with Gasteiger partial charge in [0.15, 0.2) is 0 Å². The molecule has 0 fully saturated rings. The first-order chi connectivity index (χ1) is 8.27. The van der Waals surface area contributed by atoms with Gasteiger partial charge in [-0.15, -0.1) is 0 Å². The average Bonchev–Trinajstić information content (AvgIpc) is 2.30. The summed E-state index contributed by atoms with van der Waals surface area (Å²) in [6, 6.07) is 3.73. The maximum Gasteiger partial charge on any atom is 0.240 e. The predicted molar refractivity (Wildman–Crippen MR) is 72.5 cm³/mol. The third kappa shape index (κ3) is 3.83. The average molecular weight is 312 g/mol. The zero-order valence-electron chi connectivity index (χ0n) is 10.0. The maximum atomic E-state index is 12.0. The molecule has 0 heterocycles. The van der Waals surface area contributed by atoms with E-state index in [4.69, 9.17) is 28.3 Å². The molecule has 102 valence electrons. The van der Waals surface area contributed by atoms with Crippen molar-refractivity contribution in [3.05, 3.63) is 28.2 Å². The van der Waals surface area contributed by atoms with Gasteiger partial charge in [-0.3, -0.25) is 0 Å². The van der Waals surface area contributed by atoms with E-state index in [1.165, 1.54) is 18.2 Å². The molecule has 2 N–H and O–H groups in total. The molecule has 0 radical (unpaired) electrons. The van der Waals surface area contributed by atoms with Crippen LogP contribution in [-0.4, -0.2) is 26.2 Å². The van der Waals surface area contributed by atoms with E-state index in [1.54, 1.807) is 13.8 Å². The molecule has 2 unspecified atom stereocenters. The van der Waals surface area contributed by atoms with Gasteiger partial charge >= 0.3 is 0 Å². The summed E-state index contributed by atoms with van der Waals surface area (Å²) in [4.78, 5) is 0.0499. The van der Waals surface area contributed by atoms with Gasteiger partial charge in [-0.05, 0) is 31.0 Å². The summed E-state index contributed by atoms with van der Waals surface area (Å²) in [6.07, 6.45) is 0. The largest absolute Gasteiger partial charge is 0.396 e. The maximum absolute atomic E-state index is 12.0. The number of benzene rings is 1. The van der Waals surface area contributed by atoms with Crippen LogP contribution in [0.4, 0.5) is 0 Å². The molecule has 1 aromatic carbocycles. The summed E-state index contributed by atoms with van der Waals surface area (Å²) in [5.74, 6) is -0.178. The monoisotopic (exact) mass is 311 g/mol. The standard InChI is InChI=1S/C11H15Cl2NO3S/c1-7(6-15)8(2)14-18(16,17)9-3-4-10(12)11(13)5-9/h3-5,7-8,14-15H,6H2,1-2H3. The molecule has 2 atom stereocenters. The highest BCUT2D eigenvalue weighted by Gasteiger charge is 2.21. The number of aliphatic hydroxyl groups is 1. The minimum absolute atomic E-state index is 0.0499. The Labute approximate surface area is 117 Å². The van der Waals surface area contributed by atoms with Gasteiger partial charge in [0.25, 0.3) is 0 Å². The van der Waals surface area contributed by atoms with Gasteiger partial charge in [0.2, 0.25) is 10.0 Å². The zero-order valence-corrected chi connectivity index (χ0v) is 12.4. The van der Waals surface area contributed by atoms with Crippen molar-refractivity contribution in [2.45, 2.75) is 24.8 Å². The van der Waals surface area contributed by atoms with Crippen molar-refractivity contribution in [3.63, 3.8) is 0 Å². The number of sulfonamides is 1. The van der Waals surface area contributed by atoms with Crippen LogP contribution < -0.4 is 4.72 Å². The van der Waals surface area contributed by atoms with Crippen LogP contribution in [-0.2, 0) is 10.0 Å². The summed E-state index contributed by atoms with van der Waals surface area (Å²) in [7, 11) is -3.66. The van der Waals surface area contributed by atoms with Gasteiger partial charge in [0, 0.05) is 12.6 Å². The van der Waals surface area contributed by atoms with Crippen LogP contribution in [0.1, 0.15) is 13.8 Å². The van der Waals surface area contributed by atoms with Crippen molar-refractivity contribution in [2.75, 3.05) is 6.61 Å². The van der Waals surface area contributed by atoms with Crippen molar-refractivity contribution in [1.82, 2.24) is 4.72 Å². The van der Waals surface area contributed by atoms with E-state index in [1.807, 2.05) is 0 Å². The Balaban J connectivity index is 2.96. The van der Waals surface area contributed by atoms with E-state index in [0.29, 0.717) is 5.02 Å². The molecule has 0 saturated carbocycles. The number of rotatable bonds is 5. The molecule has 4 nitrogen and oxygen atoms in total. The van der Waals surface area contributed by atoms with Crippen LogP contribution in [0, 0.1) is 5.92 Å². The molecular formula is C11H15Cl2NO3S. The highest BCUT2D eigenvalue weighted by atomic mass is 35.5. The van der Waals surface area contributed by atoms with Crippen LogP contribution in [0.5, 0.6) is 0 Å². The first-order valence-corrected chi connectivity index (χ1v) is 7.60. The first kappa shape index (κ1) is 15.7. The summed E-state index contributed by atoms with van der Waals surface area (Å²) >= 11 is 11.5. The summed E-state index contributed by atoms with van der Waals surface area (Å²) in [5, 5.41) is 9.46. The lowest BCUT2D eigenvalue weighted by molar-refractivity contribution is 0.216. The van der Waals surface area contributed by atoms with E-state index in [2.05, 4.69) is 4.72 Å². The lowest BCUT2D eigenvalue weighted by atomic mass is 10.1. The topological polar surface area (TPSA) is 66.4 Å². The Morgan fingerprint density at radius 1 is 1.28 bits per heavy atom. The Bertz CT molecular complexity index is 519. The molecule has 0 saturated heterocycles. The van der Waals surface area contributed by atoms with Gasteiger partial charge in [-0.25, -0.2) is 13.1 Å². The lowest BCUT2D eigenvalue weighted by Crippen LogP contribution is -2.38. The number of halogens is 2. The van der Waals surface area contributed by atoms with Crippen LogP contribution in [0.3, 0.4) is 0 Å². The van der Waals surface area contributed by atoms with Gasteiger partial charge < -0.3 is 5.11 Å². The highest BCUT2D eigenvalue weighted by molar-refractivity contribution is 7.89. The molecule has 0 aliphatic carbocycles. The van der Waals surface area contributed by atoms with Crippen molar-refractivity contribution < 1.29 is 13.5 Å². The quantitative estimate of drug-likeness (QED) is 0.876. The summed E-state index contributed by atoms with van der Waals surface area (Å²) in [5.41, 5.74) is 0. The van der Waals surface area contributed by atoms with Gasteiger partial charge in [0.1, 0.15) is 0 Å². The highest BCUT2D eigenvalue weighted by Crippen LogP contribution is 2.25. The minimum Gasteiger partial charge on any atom is -0.396 e. The van der Waals surface area contributed by atoms with Crippen molar-refractivity contribution >= 4 is 33.2 Å². The Morgan fingerprint density at radius 3 is 2.39 bits per heavy atom. The van der Waals surface area contributed by atoms with Crippen molar-refractivity contribution in [1.29, 1.82) is 0 Å². The third-order valence-corrected chi connectivity index (χ3v) is 4.98. The Morgan fingerprint density at radius 2 is 1.89 bits per heavy atom. The number of aliphatic hydroxyl groups excluding tert-OH is 1. The second-order valence-electron chi connectivity index (χ2n) is 4.15. The fourth-order valence-electron chi connectivity index (χ4n) is 1.23. The normalized spacial score (nSPS) is 15.4. The van der Waals surface area contributed by atoms with E-state index >= 15 is 0 Å². The fourth-order valence-corrected chi connectivity index (χ4v) is 2.97. The molecule has 0 aliphatic rings. The van der Waals surface area contributed by atoms with Crippen LogP contribution in [0.2, 0.25) is 10.0 Å². The molecule has 0 amide bonds. The molecule has 7 heteroatoms. The van der Waals surface area contributed by atoms with E-state index < -0.39 is 10.0 Å². The van der Waals surface area contributed by atoms with E-state index in [-0.39, 0.29) is 28.5 Å². The lowest BCUT2D eigenvalue weighted by Gasteiger charge is -2.19. The van der Waals surface area contributed by atoms with E-state index in [9.17, 15) is 8.42 Å². The molecule has 1 rings (SSSR count). The molecule has 0 bridgehead atoms. The van der Waals surface area contributed by atoms with Crippen LogP contribution in [0.15, 0.2) is 23.1 Å². The van der Waals surface area contributed by atoms with Gasteiger partial charge in [-0.2, -0.15) is 0 Å². The second-order valence-corrected chi connectivity index (χ2v) is 6.67. The van der Waals surface area contributed by atoms with Crippen LogP contribution >= 0.6 is 23.2 Å². The molecule has 0 spiro atoms. The molecule has 1 aromatic rings. The smallest absolute Gasteiger partial charge is 0.240 e. The summed E-state index contributed by atoms with van der Waals surface area (Å²) < 4.78 is 26.5. The zero-order chi connectivity index (χ0) is 13.9. The Kier molecular flexibility index (Phi) is 5.43. The molecular weight excluding hydrogens is 297 g/mol. The number of hydrogen-bond acceptors (Lipinski definition) is 3. The summed E-state index contributed by atoms with van der Waals surface area (Å²) in [6.45, 7) is 3.35. The molecule has 0 aromatic heterocycles. The van der Waals surface area contributed by atoms with Crippen molar-refractivity contribution in [3.8, 4) is 0 Å². The number of nitrogens with one attached hydrogen (secondary N) is 1. The van der Waals surface area contributed by atoms with E-state index in [0.717, 1.165) is 0 Å². The Hall–Kier alpha value is -0.330. The number of hydrogen-bond donors (Lipinski definition) is 2. The SMILES string of the molecule is CC(CO)C(C)NS(=O)(=O)c1ccc(Cl)c(Cl)c1. The first-order valence-electron chi connectivity index (χ1n) is 5.36. The van der Waals surface area contributed by atoms with Crippen molar-refractivity contribution in [2.24, 2.45) is 5.92 Å². The van der Waals surface area contributed by atoms with Gasteiger partial charge in [-0.1, -0.05) is 30.1 Å². The fraction of sp³-hybridized carbons (Fsp3) is 0.455. The second kappa shape index (κ2) is 6.21. The molecule has 0 aliphatic heterocycles. The molecule has 18 heavy (non-hydrogen) atoms. The van der Waals surface area contributed by atoms with Gasteiger partial charge in [0.05, 0.1) is 14.9 Å².